The summed E-state index contributed by atoms with van der Waals surface area (Å²) < 4.78 is 43.2. The van der Waals surface area contributed by atoms with Crippen molar-refractivity contribution in [1.82, 2.24) is 26.6 Å². The first-order valence-corrected chi connectivity index (χ1v) is 40.7. The number of rotatable bonds is 85. The van der Waals surface area contributed by atoms with Crippen LogP contribution in [0.2, 0.25) is 0 Å². The number of hydrogen-bond acceptors (Lipinski definition) is 22. The third kappa shape index (κ3) is 71.8. The van der Waals surface area contributed by atoms with Gasteiger partial charge in [-0.1, -0.05) is 122 Å². The van der Waals surface area contributed by atoms with Gasteiger partial charge < -0.3 is 90.0 Å². The summed E-state index contributed by atoms with van der Waals surface area (Å²) in [6.07, 6.45) is 24.3. The number of hydrogen-bond donors (Lipinski definition) is 10. The molecular formula is C79H141N5O27. The fourth-order valence-corrected chi connectivity index (χ4v) is 11.5. The number of Topliss-reactive ketones (excluding diaryl/α,β-unsaturated/α-hetero) is 4. The van der Waals surface area contributed by atoms with Gasteiger partial charge in [-0.05, 0) is 77.0 Å². The molecule has 644 valence electrons. The van der Waals surface area contributed by atoms with Crippen molar-refractivity contribution in [2.24, 2.45) is 17.8 Å². The van der Waals surface area contributed by atoms with Gasteiger partial charge in [0.05, 0.1) is 77.9 Å². The third-order valence-corrected chi connectivity index (χ3v) is 18.1. The molecule has 0 unspecified atom stereocenters. The average molecular weight is 1590 g/mol. The van der Waals surface area contributed by atoms with Crippen LogP contribution in [0.1, 0.15) is 267 Å². The zero-order chi connectivity index (χ0) is 82.0. The largest absolute Gasteiger partial charge is 0.481 e. The number of ketones is 4. The van der Waals surface area contributed by atoms with E-state index in [1.807, 2.05) is 0 Å². The molecule has 10 N–H and O–H groups in total. The number of carbonyl (C=O) groups is 14. The van der Waals surface area contributed by atoms with E-state index in [9.17, 15) is 82.4 Å². The third-order valence-electron chi connectivity index (χ3n) is 18.1. The van der Waals surface area contributed by atoms with Crippen molar-refractivity contribution in [3.8, 4) is 0 Å². The van der Waals surface area contributed by atoms with Crippen molar-refractivity contribution in [2.45, 2.75) is 270 Å². The fraction of sp³-hybridized carbons (Fsp3) is 0.823. The van der Waals surface area contributed by atoms with Gasteiger partial charge in [-0.3, -0.25) is 62.3 Å². The highest BCUT2D eigenvalue weighted by Crippen LogP contribution is 2.21. The molecule has 0 saturated heterocycles. The molecule has 0 radical (unpaired) electrons. The molecule has 5 amide bonds. The summed E-state index contributed by atoms with van der Waals surface area (Å²) in [6, 6.07) is -1.14. The topological polar surface area (TPSA) is 474 Å². The second-order valence-electron chi connectivity index (χ2n) is 28.1. The highest BCUT2D eigenvalue weighted by Gasteiger charge is 2.26. The number of carboxylic acid groups (broad SMARTS) is 5. The van der Waals surface area contributed by atoms with Gasteiger partial charge in [-0.15, -0.1) is 0 Å². The second-order valence-corrected chi connectivity index (χ2v) is 28.1. The standard InChI is InChI=1S/C79H137N5O27.2H2/c1-62(28-22-24-40-80-72(91)59-109-53-49-105-45-27-32-67(87)58-108-52-50-106-46-42-82-70(89)39-36-64(78(100)101)56-66(86)30-18-14-10-6-2-4-8-12-16-20-34-75(94)95)69(88)57-63(77(98)99)29-23-25-41-81-73(92)60-111-55-51-107-47-43-83-74(93)61-110-54-48-104-44-26-31-65(85)37-38-68(79(102)103)84-71(90)33-19-15-11-7-3-5-9-13-17-21-35-76(96)97;;/h62-64,68H,2-61H2,1H3,(H,80,91)(H,81,92)(H,82,89)(H,83,93)(H,84,90)(H,94,95)(H,96,97)(H,98,99)(H,100,101)(H,102,103);2*1H/t62-,63+,64+,68-;;/m0../s1. The Morgan fingerprint density at radius 3 is 1.07 bits per heavy atom. The van der Waals surface area contributed by atoms with Gasteiger partial charge in [0.15, 0.2) is 5.78 Å². The molecule has 4 atom stereocenters. The minimum absolute atomic E-state index is 0. The number of carbonyl (C=O) groups excluding carboxylic acids is 9. The lowest BCUT2D eigenvalue weighted by Gasteiger charge is -2.15. The maximum absolute atomic E-state index is 12.9. The molecule has 0 aromatic heterocycles. The van der Waals surface area contributed by atoms with E-state index in [0.29, 0.717) is 90.3 Å². The summed E-state index contributed by atoms with van der Waals surface area (Å²) in [5.74, 6) is -9.24. The SMILES string of the molecule is C[C@@H](CCCCNC(=O)COCCOCCCC(=O)COCCOCCNC(=O)CC[C@H](CC(=O)CCCCCCCCCCCCC(=O)O)C(=O)O)C(=O)C[C@@H](CCCCNC(=O)COCCOCCNC(=O)COCCOCCCC(=O)CC[C@H](NC(=O)CCCCCCCCCCCCC(=O)O)C(=O)O)C(=O)O.[HH].[HH]. The maximum Gasteiger partial charge on any atom is 0.326 e. The van der Waals surface area contributed by atoms with Crippen molar-refractivity contribution < 1.29 is 133 Å². The molecule has 0 saturated carbocycles. The van der Waals surface area contributed by atoms with E-state index in [2.05, 4.69) is 26.6 Å². The lowest BCUT2D eigenvalue weighted by atomic mass is 9.89. The molecule has 32 nitrogen and oxygen atoms in total. The average Bonchev–Trinajstić information content (AvgIpc) is 0.966. The minimum atomic E-state index is -1.19. The Kier molecular flexibility index (Phi) is 69.8. The molecule has 0 aromatic carbocycles. The normalized spacial score (nSPS) is 12.3. The molecular weight excluding hydrogens is 1450 g/mol. The molecule has 0 bridgehead atoms. The molecule has 0 aliphatic carbocycles. The Labute approximate surface area is 659 Å². The first-order chi connectivity index (χ1) is 53.5. The summed E-state index contributed by atoms with van der Waals surface area (Å²) >= 11 is 0. The van der Waals surface area contributed by atoms with Crippen LogP contribution >= 0.6 is 0 Å². The molecule has 0 spiro atoms. The molecule has 0 aliphatic heterocycles. The molecule has 32 heteroatoms. The molecule has 0 rings (SSSR count). The molecule has 0 aromatic rings. The van der Waals surface area contributed by atoms with Crippen molar-refractivity contribution in [3.05, 3.63) is 0 Å². The van der Waals surface area contributed by atoms with Crippen LogP contribution in [-0.4, -0.2) is 246 Å². The number of ether oxygens (including phenoxy) is 8. The summed E-state index contributed by atoms with van der Waals surface area (Å²) in [4.78, 5) is 168. The van der Waals surface area contributed by atoms with E-state index in [1.165, 1.54) is 0 Å². The van der Waals surface area contributed by atoms with Crippen molar-refractivity contribution in [3.63, 3.8) is 0 Å². The Hall–Kier alpha value is -6.94. The van der Waals surface area contributed by atoms with Gasteiger partial charge in [0.2, 0.25) is 29.5 Å². The number of unbranched alkanes of at least 4 members (excludes halogenated alkanes) is 20. The van der Waals surface area contributed by atoms with Gasteiger partial charge >= 0.3 is 29.8 Å². The first kappa shape index (κ1) is 104. The zero-order valence-corrected chi connectivity index (χ0v) is 66.5. The quantitative estimate of drug-likeness (QED) is 0.0254. The number of amides is 5. The van der Waals surface area contributed by atoms with Crippen LogP contribution in [-0.2, 0) is 105 Å². The van der Waals surface area contributed by atoms with Gasteiger partial charge in [0.25, 0.3) is 0 Å². The number of carboxylic acids is 5. The number of nitrogens with one attached hydrogen (secondary N) is 5. The maximum atomic E-state index is 12.9. The van der Waals surface area contributed by atoms with E-state index in [4.69, 9.17) is 48.1 Å². The van der Waals surface area contributed by atoms with Gasteiger partial charge in [0, 0.05) is 112 Å². The molecule has 0 heterocycles. The van der Waals surface area contributed by atoms with Gasteiger partial charge in [0.1, 0.15) is 49.8 Å². The van der Waals surface area contributed by atoms with Crippen LogP contribution in [0.3, 0.4) is 0 Å². The summed E-state index contributed by atoms with van der Waals surface area (Å²) in [5.41, 5.74) is 0. The monoisotopic (exact) mass is 1590 g/mol. The summed E-state index contributed by atoms with van der Waals surface area (Å²) in [6.45, 7) is 4.56. The highest BCUT2D eigenvalue weighted by atomic mass is 16.5. The zero-order valence-electron chi connectivity index (χ0n) is 66.5. The summed E-state index contributed by atoms with van der Waals surface area (Å²) in [5, 5.41) is 59.7. The van der Waals surface area contributed by atoms with E-state index < -0.39 is 47.7 Å². The highest BCUT2D eigenvalue weighted by molar-refractivity contribution is 5.87. The fourth-order valence-electron chi connectivity index (χ4n) is 11.5. The predicted octanol–water partition coefficient (Wildman–Crippen LogP) is 8.73. The van der Waals surface area contributed by atoms with Crippen LogP contribution in [0, 0.1) is 17.8 Å². The Morgan fingerprint density at radius 1 is 0.270 bits per heavy atom. The van der Waals surface area contributed by atoms with Crippen LogP contribution in [0.25, 0.3) is 0 Å². The predicted molar refractivity (Wildman–Crippen MR) is 414 cm³/mol. The van der Waals surface area contributed by atoms with Crippen LogP contribution in [0.15, 0.2) is 0 Å². The second kappa shape index (κ2) is 74.5. The van der Waals surface area contributed by atoms with Gasteiger partial charge in [-0.2, -0.15) is 0 Å². The van der Waals surface area contributed by atoms with Gasteiger partial charge in [-0.25, -0.2) is 4.79 Å². The smallest absolute Gasteiger partial charge is 0.326 e. The van der Waals surface area contributed by atoms with E-state index in [0.717, 1.165) is 109 Å². The van der Waals surface area contributed by atoms with Crippen molar-refractivity contribution in [2.75, 3.05) is 132 Å². The van der Waals surface area contributed by atoms with Crippen LogP contribution in [0.4, 0.5) is 0 Å². The first-order valence-electron chi connectivity index (χ1n) is 40.7. The van der Waals surface area contributed by atoms with E-state index >= 15 is 0 Å². The van der Waals surface area contributed by atoms with Crippen molar-refractivity contribution >= 4 is 82.5 Å². The molecule has 111 heavy (non-hydrogen) atoms. The Bertz CT molecular complexity index is 2580. The minimum Gasteiger partial charge on any atom is -0.481 e. The van der Waals surface area contributed by atoms with Crippen LogP contribution < -0.4 is 26.6 Å². The Morgan fingerprint density at radius 2 is 0.631 bits per heavy atom. The molecule has 0 aliphatic rings. The van der Waals surface area contributed by atoms with E-state index in [1.54, 1.807) is 6.92 Å². The van der Waals surface area contributed by atoms with Crippen molar-refractivity contribution in [1.29, 1.82) is 0 Å². The Balaban J connectivity index is -0.0000605. The summed E-state index contributed by atoms with van der Waals surface area (Å²) in [7, 11) is 0. The lowest BCUT2D eigenvalue weighted by Crippen LogP contribution is -2.41. The number of aliphatic carboxylic acids is 5. The lowest BCUT2D eigenvalue weighted by molar-refractivity contribution is -0.144. The van der Waals surface area contributed by atoms with Crippen LogP contribution in [0.5, 0.6) is 0 Å². The molecule has 0 fully saturated rings. The van der Waals surface area contributed by atoms with E-state index in [-0.39, 0.29) is 251 Å².